The van der Waals surface area contributed by atoms with E-state index in [2.05, 4.69) is 29.6 Å². The van der Waals surface area contributed by atoms with E-state index in [9.17, 15) is 0 Å². The topological polar surface area (TPSA) is 12.0 Å². The molecule has 1 atom stereocenters. The standard InChI is InChI=1S/C16H17Cl2NS/c1-19-15(13-9-14(17)20-16(13)18)12-7-3-6-11(8-12)10-4-2-5-10/h3,6-10,15,19H,2,4-5H2,1H3. The quantitative estimate of drug-likeness (QED) is 0.767. The first kappa shape index (κ1) is 14.4. The second-order valence-corrected chi connectivity index (χ2v) is 7.58. The van der Waals surface area contributed by atoms with E-state index in [0.717, 1.165) is 20.2 Å². The first-order valence-corrected chi connectivity index (χ1v) is 8.48. The van der Waals surface area contributed by atoms with Gasteiger partial charge in [0.05, 0.1) is 14.7 Å². The van der Waals surface area contributed by atoms with Crippen molar-refractivity contribution in [1.82, 2.24) is 5.32 Å². The van der Waals surface area contributed by atoms with Crippen LogP contribution in [0, 0.1) is 0 Å². The summed E-state index contributed by atoms with van der Waals surface area (Å²) in [6.07, 6.45) is 3.99. The maximum Gasteiger partial charge on any atom is 0.0995 e. The first-order valence-electron chi connectivity index (χ1n) is 6.91. The number of nitrogens with one attached hydrogen (secondary N) is 1. The molecule has 20 heavy (non-hydrogen) atoms. The van der Waals surface area contributed by atoms with Crippen LogP contribution in [0.25, 0.3) is 0 Å². The van der Waals surface area contributed by atoms with Gasteiger partial charge in [-0.15, -0.1) is 11.3 Å². The van der Waals surface area contributed by atoms with Crippen molar-refractivity contribution in [2.24, 2.45) is 0 Å². The van der Waals surface area contributed by atoms with Gasteiger partial charge < -0.3 is 5.32 Å². The molecule has 3 rings (SSSR count). The van der Waals surface area contributed by atoms with E-state index in [-0.39, 0.29) is 6.04 Å². The Labute approximate surface area is 133 Å². The fourth-order valence-corrected chi connectivity index (χ4v) is 4.32. The molecule has 0 radical (unpaired) electrons. The largest absolute Gasteiger partial charge is 0.309 e. The highest BCUT2D eigenvalue weighted by Gasteiger charge is 2.22. The Morgan fingerprint density at radius 3 is 2.60 bits per heavy atom. The second kappa shape index (κ2) is 6.07. The van der Waals surface area contributed by atoms with Gasteiger partial charge in [0.2, 0.25) is 0 Å². The van der Waals surface area contributed by atoms with E-state index in [4.69, 9.17) is 23.2 Å². The molecule has 4 heteroatoms. The lowest BCUT2D eigenvalue weighted by molar-refractivity contribution is 0.419. The molecule has 1 aromatic carbocycles. The molecule has 2 aromatic rings. The second-order valence-electron chi connectivity index (χ2n) is 5.30. The molecular weight excluding hydrogens is 309 g/mol. The maximum absolute atomic E-state index is 6.30. The van der Waals surface area contributed by atoms with Gasteiger partial charge in [0.1, 0.15) is 0 Å². The van der Waals surface area contributed by atoms with Crippen molar-refractivity contribution in [2.75, 3.05) is 7.05 Å². The fraction of sp³-hybridized carbons (Fsp3) is 0.375. The van der Waals surface area contributed by atoms with Gasteiger partial charge >= 0.3 is 0 Å². The Bertz CT molecular complexity index is 604. The van der Waals surface area contributed by atoms with Crippen LogP contribution >= 0.6 is 34.5 Å². The molecule has 1 aliphatic carbocycles. The van der Waals surface area contributed by atoms with E-state index in [1.165, 1.54) is 41.7 Å². The van der Waals surface area contributed by atoms with E-state index < -0.39 is 0 Å². The summed E-state index contributed by atoms with van der Waals surface area (Å²) in [6, 6.07) is 10.9. The highest BCUT2D eigenvalue weighted by molar-refractivity contribution is 7.20. The lowest BCUT2D eigenvalue weighted by Gasteiger charge is -2.27. The molecule has 0 bridgehead atoms. The van der Waals surface area contributed by atoms with Crippen molar-refractivity contribution in [3.63, 3.8) is 0 Å². The number of hydrogen-bond donors (Lipinski definition) is 1. The molecule has 1 N–H and O–H groups in total. The van der Waals surface area contributed by atoms with E-state index in [1.54, 1.807) is 0 Å². The summed E-state index contributed by atoms with van der Waals surface area (Å²) < 4.78 is 1.50. The molecule has 1 unspecified atom stereocenters. The van der Waals surface area contributed by atoms with Crippen LogP contribution in [-0.2, 0) is 0 Å². The van der Waals surface area contributed by atoms with Crippen LogP contribution in [-0.4, -0.2) is 7.05 Å². The molecule has 1 nitrogen and oxygen atoms in total. The average molecular weight is 326 g/mol. The van der Waals surface area contributed by atoms with Crippen LogP contribution in [0.1, 0.15) is 47.9 Å². The van der Waals surface area contributed by atoms with Gasteiger partial charge in [-0.05, 0) is 43.0 Å². The number of halogens is 2. The van der Waals surface area contributed by atoms with E-state index in [0.29, 0.717) is 0 Å². The van der Waals surface area contributed by atoms with Gasteiger partial charge in [0, 0.05) is 5.56 Å². The van der Waals surface area contributed by atoms with Crippen LogP contribution in [0.5, 0.6) is 0 Å². The Hall–Kier alpha value is -0.540. The molecular formula is C16H17Cl2NS. The SMILES string of the molecule is CNC(c1cccc(C2CCC2)c1)c1cc(Cl)sc1Cl. The Balaban J connectivity index is 1.94. The van der Waals surface area contributed by atoms with Crippen molar-refractivity contribution in [3.8, 4) is 0 Å². The zero-order valence-electron chi connectivity index (χ0n) is 11.3. The van der Waals surface area contributed by atoms with Crippen LogP contribution < -0.4 is 5.32 Å². The lowest BCUT2D eigenvalue weighted by Crippen LogP contribution is -2.18. The van der Waals surface area contributed by atoms with Crippen LogP contribution in [0.2, 0.25) is 8.67 Å². The van der Waals surface area contributed by atoms with Crippen LogP contribution in [0.15, 0.2) is 30.3 Å². The normalized spacial score (nSPS) is 16.9. The molecule has 1 fully saturated rings. The van der Waals surface area contributed by atoms with Gasteiger partial charge in [-0.2, -0.15) is 0 Å². The van der Waals surface area contributed by atoms with Gasteiger partial charge in [0.15, 0.2) is 0 Å². The lowest BCUT2D eigenvalue weighted by atomic mass is 9.79. The molecule has 1 aromatic heterocycles. The third-order valence-corrected chi connectivity index (χ3v) is 5.62. The number of benzene rings is 1. The maximum atomic E-state index is 6.30. The summed E-state index contributed by atoms with van der Waals surface area (Å²) in [6.45, 7) is 0. The zero-order valence-corrected chi connectivity index (χ0v) is 13.7. The van der Waals surface area contributed by atoms with Crippen molar-refractivity contribution in [3.05, 3.63) is 55.7 Å². The minimum Gasteiger partial charge on any atom is -0.309 e. The molecule has 1 heterocycles. The van der Waals surface area contributed by atoms with Gasteiger partial charge in [0.25, 0.3) is 0 Å². The van der Waals surface area contributed by atoms with E-state index in [1.807, 2.05) is 13.1 Å². The summed E-state index contributed by atoms with van der Waals surface area (Å²) in [5, 5.41) is 3.35. The number of thiophene rings is 1. The molecule has 0 aliphatic heterocycles. The third-order valence-electron chi connectivity index (χ3n) is 4.10. The zero-order chi connectivity index (χ0) is 14.1. The highest BCUT2D eigenvalue weighted by Crippen LogP contribution is 2.40. The van der Waals surface area contributed by atoms with Crippen molar-refractivity contribution in [1.29, 1.82) is 0 Å². The molecule has 1 saturated carbocycles. The summed E-state index contributed by atoms with van der Waals surface area (Å²) in [5.74, 6) is 0.744. The van der Waals surface area contributed by atoms with Gasteiger partial charge in [-0.3, -0.25) is 0 Å². The molecule has 0 amide bonds. The Kier molecular flexibility index (Phi) is 4.37. The summed E-state index contributed by atoms with van der Waals surface area (Å²) in [7, 11) is 1.96. The molecule has 1 aliphatic rings. The molecule has 0 spiro atoms. The molecule has 106 valence electrons. The predicted octanol–water partition coefficient (Wildman–Crippen LogP) is 5.63. The average Bonchev–Trinajstić information content (AvgIpc) is 2.68. The van der Waals surface area contributed by atoms with Gasteiger partial charge in [-0.1, -0.05) is 53.9 Å². The summed E-state index contributed by atoms with van der Waals surface area (Å²) >= 11 is 13.8. The Morgan fingerprint density at radius 1 is 1.25 bits per heavy atom. The van der Waals surface area contributed by atoms with Crippen LogP contribution in [0.4, 0.5) is 0 Å². The van der Waals surface area contributed by atoms with Crippen molar-refractivity contribution < 1.29 is 0 Å². The molecule has 0 saturated heterocycles. The van der Waals surface area contributed by atoms with Crippen molar-refractivity contribution >= 4 is 34.5 Å². The fourth-order valence-electron chi connectivity index (χ4n) is 2.79. The van der Waals surface area contributed by atoms with Crippen molar-refractivity contribution in [2.45, 2.75) is 31.2 Å². The summed E-state index contributed by atoms with van der Waals surface area (Å²) in [5.41, 5.74) is 3.77. The van der Waals surface area contributed by atoms with Gasteiger partial charge in [-0.25, -0.2) is 0 Å². The highest BCUT2D eigenvalue weighted by atomic mass is 35.5. The van der Waals surface area contributed by atoms with Crippen LogP contribution in [0.3, 0.4) is 0 Å². The van der Waals surface area contributed by atoms with E-state index >= 15 is 0 Å². The Morgan fingerprint density at radius 2 is 2.05 bits per heavy atom. The minimum absolute atomic E-state index is 0.103. The number of hydrogen-bond acceptors (Lipinski definition) is 2. The smallest absolute Gasteiger partial charge is 0.0995 e. The first-order chi connectivity index (χ1) is 9.69. The summed E-state index contributed by atoms with van der Waals surface area (Å²) in [4.78, 5) is 0. The number of rotatable bonds is 4. The minimum atomic E-state index is 0.103. The monoisotopic (exact) mass is 325 g/mol. The predicted molar refractivity (Wildman–Crippen MR) is 88.3 cm³/mol. The third kappa shape index (κ3) is 2.75.